The Kier molecular flexibility index (Phi) is 2.88. The van der Waals surface area contributed by atoms with E-state index in [1.807, 2.05) is 0 Å². The summed E-state index contributed by atoms with van der Waals surface area (Å²) in [6.45, 7) is 3.27. The van der Waals surface area contributed by atoms with Gasteiger partial charge in [0.15, 0.2) is 0 Å². The van der Waals surface area contributed by atoms with Crippen LogP contribution in [0.5, 0.6) is 0 Å². The van der Waals surface area contributed by atoms with Crippen LogP contribution in [0.1, 0.15) is 26.7 Å². The van der Waals surface area contributed by atoms with E-state index < -0.39 is 12.0 Å². The van der Waals surface area contributed by atoms with Crippen molar-refractivity contribution >= 4 is 17.8 Å². The van der Waals surface area contributed by atoms with E-state index in [9.17, 15) is 14.4 Å². The number of nitrogens with zero attached hydrogens (tertiary/aromatic N) is 1. The molecule has 2 atom stereocenters. The highest BCUT2D eigenvalue weighted by atomic mass is 16.4. The first-order chi connectivity index (χ1) is 6.49. The van der Waals surface area contributed by atoms with Gasteiger partial charge in [-0.25, -0.2) is 4.79 Å². The van der Waals surface area contributed by atoms with E-state index >= 15 is 0 Å². The fraction of sp³-hybridized carbons (Fsp3) is 0.667. The second-order valence-corrected chi connectivity index (χ2v) is 3.47. The minimum Gasteiger partial charge on any atom is -0.480 e. The van der Waals surface area contributed by atoms with Crippen molar-refractivity contribution in [1.82, 2.24) is 4.90 Å². The van der Waals surface area contributed by atoms with Crippen molar-refractivity contribution in [2.45, 2.75) is 32.7 Å². The van der Waals surface area contributed by atoms with E-state index in [1.54, 1.807) is 13.8 Å². The number of aliphatic carboxylic acids is 1. The van der Waals surface area contributed by atoms with E-state index in [2.05, 4.69) is 0 Å². The van der Waals surface area contributed by atoms with Crippen LogP contribution in [0.2, 0.25) is 0 Å². The van der Waals surface area contributed by atoms with Gasteiger partial charge in [-0.2, -0.15) is 0 Å². The molecule has 0 aromatic rings. The molecule has 0 saturated carbocycles. The average molecular weight is 199 g/mol. The summed E-state index contributed by atoms with van der Waals surface area (Å²) in [6, 6.07) is -1.00. The second kappa shape index (κ2) is 3.77. The summed E-state index contributed by atoms with van der Waals surface area (Å²) in [5, 5.41) is 8.81. The predicted octanol–water partition coefficient (Wildman–Crippen LogP) is 0.245. The molecule has 0 aromatic heterocycles. The summed E-state index contributed by atoms with van der Waals surface area (Å²) in [4.78, 5) is 34.5. The summed E-state index contributed by atoms with van der Waals surface area (Å²) in [5.74, 6) is -2.25. The lowest BCUT2D eigenvalue weighted by Gasteiger charge is -2.21. The average Bonchev–Trinajstić information content (AvgIpc) is 2.32. The molecule has 14 heavy (non-hydrogen) atoms. The SMILES string of the molecule is CCC(C(=O)O)N1C(=O)CC(C)C1=O. The quantitative estimate of drug-likeness (QED) is 0.661. The fourth-order valence-electron chi connectivity index (χ4n) is 1.60. The van der Waals surface area contributed by atoms with Crippen LogP contribution in [-0.2, 0) is 14.4 Å². The maximum absolute atomic E-state index is 11.5. The fourth-order valence-corrected chi connectivity index (χ4v) is 1.60. The molecule has 5 nitrogen and oxygen atoms in total. The lowest BCUT2D eigenvalue weighted by Crippen LogP contribution is -2.44. The topological polar surface area (TPSA) is 74.7 Å². The van der Waals surface area contributed by atoms with Crippen LogP contribution in [-0.4, -0.2) is 33.8 Å². The van der Waals surface area contributed by atoms with Crippen LogP contribution in [0, 0.1) is 5.92 Å². The van der Waals surface area contributed by atoms with Gasteiger partial charge in [0.25, 0.3) is 0 Å². The van der Waals surface area contributed by atoms with Gasteiger partial charge in [0.1, 0.15) is 6.04 Å². The summed E-state index contributed by atoms with van der Waals surface area (Å²) < 4.78 is 0. The van der Waals surface area contributed by atoms with Crippen molar-refractivity contribution in [2.75, 3.05) is 0 Å². The standard InChI is InChI=1S/C9H13NO4/c1-3-6(9(13)14)10-7(11)4-5(2)8(10)12/h5-6H,3-4H2,1-2H3,(H,13,14). The van der Waals surface area contributed by atoms with Crippen molar-refractivity contribution in [3.05, 3.63) is 0 Å². The van der Waals surface area contributed by atoms with Gasteiger partial charge in [0.05, 0.1) is 0 Å². The lowest BCUT2D eigenvalue weighted by atomic mass is 10.1. The molecule has 0 radical (unpaired) electrons. The van der Waals surface area contributed by atoms with Gasteiger partial charge < -0.3 is 5.11 Å². The first-order valence-electron chi connectivity index (χ1n) is 4.57. The third-order valence-corrected chi connectivity index (χ3v) is 2.39. The maximum atomic E-state index is 11.5. The molecule has 0 aromatic carbocycles. The highest BCUT2D eigenvalue weighted by Gasteiger charge is 2.41. The van der Waals surface area contributed by atoms with Crippen molar-refractivity contribution < 1.29 is 19.5 Å². The van der Waals surface area contributed by atoms with E-state index in [-0.39, 0.29) is 30.6 Å². The number of likely N-dealkylation sites (tertiary alicyclic amines) is 1. The predicted molar refractivity (Wildman–Crippen MR) is 47.3 cm³/mol. The summed E-state index contributed by atoms with van der Waals surface area (Å²) in [7, 11) is 0. The molecule has 2 unspecified atom stereocenters. The normalized spacial score (nSPS) is 24.1. The molecule has 0 bridgehead atoms. The molecule has 5 heteroatoms. The first kappa shape index (κ1) is 10.7. The van der Waals surface area contributed by atoms with Crippen LogP contribution in [0.15, 0.2) is 0 Å². The van der Waals surface area contributed by atoms with E-state index in [4.69, 9.17) is 5.11 Å². The van der Waals surface area contributed by atoms with Gasteiger partial charge in [-0.3, -0.25) is 14.5 Å². The number of carbonyl (C=O) groups excluding carboxylic acids is 2. The number of hydrogen-bond acceptors (Lipinski definition) is 3. The van der Waals surface area contributed by atoms with Crippen LogP contribution in [0.3, 0.4) is 0 Å². The molecule has 78 valence electrons. The molecule has 2 amide bonds. The number of carboxylic acid groups (broad SMARTS) is 1. The third kappa shape index (κ3) is 1.62. The van der Waals surface area contributed by atoms with Crippen molar-refractivity contribution in [3.63, 3.8) is 0 Å². The zero-order valence-electron chi connectivity index (χ0n) is 8.19. The summed E-state index contributed by atoms with van der Waals surface area (Å²) >= 11 is 0. The number of carboxylic acids is 1. The van der Waals surface area contributed by atoms with Crippen LogP contribution in [0.4, 0.5) is 0 Å². The van der Waals surface area contributed by atoms with Gasteiger partial charge in [-0.05, 0) is 6.42 Å². The zero-order chi connectivity index (χ0) is 10.9. The Labute approximate surface area is 81.7 Å². The molecule has 1 heterocycles. The highest BCUT2D eigenvalue weighted by molar-refractivity contribution is 6.06. The Hall–Kier alpha value is -1.39. The number of imide groups is 1. The molecular weight excluding hydrogens is 186 g/mol. The molecule has 1 saturated heterocycles. The molecule has 1 N–H and O–H groups in total. The van der Waals surface area contributed by atoms with Gasteiger partial charge in [0.2, 0.25) is 11.8 Å². The van der Waals surface area contributed by atoms with E-state index in [0.29, 0.717) is 0 Å². The van der Waals surface area contributed by atoms with Gasteiger partial charge in [-0.15, -0.1) is 0 Å². The second-order valence-electron chi connectivity index (χ2n) is 3.47. The molecule has 1 aliphatic rings. The Morgan fingerprint density at radius 3 is 2.50 bits per heavy atom. The molecule has 1 rings (SSSR count). The van der Waals surface area contributed by atoms with Crippen molar-refractivity contribution in [3.8, 4) is 0 Å². The van der Waals surface area contributed by atoms with E-state index in [0.717, 1.165) is 4.90 Å². The molecule has 1 aliphatic heterocycles. The van der Waals surface area contributed by atoms with Gasteiger partial charge >= 0.3 is 5.97 Å². The van der Waals surface area contributed by atoms with Crippen LogP contribution >= 0.6 is 0 Å². The minimum atomic E-state index is -1.12. The zero-order valence-corrected chi connectivity index (χ0v) is 8.19. The Morgan fingerprint density at radius 1 is 1.64 bits per heavy atom. The minimum absolute atomic E-state index is 0.128. The Bertz CT molecular complexity index is 287. The van der Waals surface area contributed by atoms with Gasteiger partial charge in [-0.1, -0.05) is 13.8 Å². The van der Waals surface area contributed by atoms with Crippen LogP contribution < -0.4 is 0 Å². The largest absolute Gasteiger partial charge is 0.480 e. The Balaban J connectivity index is 2.90. The smallest absolute Gasteiger partial charge is 0.326 e. The van der Waals surface area contributed by atoms with Gasteiger partial charge in [0, 0.05) is 12.3 Å². The molecule has 1 fully saturated rings. The molecular formula is C9H13NO4. The number of rotatable bonds is 3. The Morgan fingerprint density at radius 2 is 2.21 bits per heavy atom. The lowest BCUT2D eigenvalue weighted by molar-refractivity contribution is -0.154. The number of hydrogen-bond donors (Lipinski definition) is 1. The highest BCUT2D eigenvalue weighted by Crippen LogP contribution is 2.22. The number of amides is 2. The third-order valence-electron chi connectivity index (χ3n) is 2.39. The first-order valence-corrected chi connectivity index (χ1v) is 4.57. The monoisotopic (exact) mass is 199 g/mol. The summed E-state index contributed by atoms with van der Waals surface area (Å²) in [5.41, 5.74) is 0. The maximum Gasteiger partial charge on any atom is 0.326 e. The van der Waals surface area contributed by atoms with E-state index in [1.165, 1.54) is 0 Å². The summed E-state index contributed by atoms with van der Waals surface area (Å²) in [6.07, 6.45) is 0.377. The number of carbonyl (C=O) groups is 3. The van der Waals surface area contributed by atoms with Crippen molar-refractivity contribution in [2.24, 2.45) is 5.92 Å². The molecule has 0 spiro atoms. The molecule has 0 aliphatic carbocycles. The van der Waals surface area contributed by atoms with Crippen LogP contribution in [0.25, 0.3) is 0 Å². The van der Waals surface area contributed by atoms with Crippen molar-refractivity contribution in [1.29, 1.82) is 0 Å².